The second kappa shape index (κ2) is 6.83. The van der Waals surface area contributed by atoms with Crippen molar-refractivity contribution in [2.45, 2.75) is 19.6 Å². The number of nitrogens with zero attached hydrogens (tertiary/aromatic N) is 2. The van der Waals surface area contributed by atoms with Gasteiger partial charge in [0.2, 0.25) is 5.88 Å². The Labute approximate surface area is 133 Å². The second-order valence-electron chi connectivity index (χ2n) is 4.99. The van der Waals surface area contributed by atoms with Gasteiger partial charge >= 0.3 is 0 Å². The molecule has 0 saturated carbocycles. The lowest BCUT2D eigenvalue weighted by Gasteiger charge is -2.12. The van der Waals surface area contributed by atoms with Crippen LogP contribution in [0.25, 0.3) is 5.69 Å². The topological polar surface area (TPSA) is 69.3 Å². The average Bonchev–Trinajstić information content (AvgIpc) is 3.25. The lowest BCUT2D eigenvalue weighted by atomic mass is 10.3. The zero-order valence-corrected chi connectivity index (χ0v) is 12.7. The van der Waals surface area contributed by atoms with Gasteiger partial charge in [-0.2, -0.15) is 0 Å². The molecule has 0 aliphatic rings. The summed E-state index contributed by atoms with van der Waals surface area (Å²) >= 11 is 0. The Morgan fingerprint density at radius 2 is 2.09 bits per heavy atom. The lowest BCUT2D eigenvalue weighted by molar-refractivity contribution is -0.127. The number of amides is 1. The number of carbonyl (C=O) groups is 1. The molecule has 118 valence electrons. The van der Waals surface area contributed by atoms with E-state index in [-0.39, 0.29) is 5.91 Å². The van der Waals surface area contributed by atoms with Crippen LogP contribution in [-0.2, 0) is 11.3 Å². The zero-order chi connectivity index (χ0) is 16.1. The summed E-state index contributed by atoms with van der Waals surface area (Å²) in [5.74, 6) is 0.865. The smallest absolute Gasteiger partial charge is 0.261 e. The standard InChI is InChI=1S/C17H17N3O3/c1-13(17(21)18-12-15-8-5-11-22-15)23-16-9-10-20(19-16)14-6-3-2-4-7-14/h2-11,13H,12H2,1H3,(H,18,21)/t13-/m0/s1. The van der Waals surface area contributed by atoms with Crippen LogP contribution in [0.3, 0.4) is 0 Å². The van der Waals surface area contributed by atoms with Crippen molar-refractivity contribution in [3.05, 3.63) is 66.8 Å². The predicted octanol–water partition coefficient (Wildman–Crippen LogP) is 2.55. The highest BCUT2D eigenvalue weighted by Gasteiger charge is 2.16. The fraction of sp³-hybridized carbons (Fsp3) is 0.176. The summed E-state index contributed by atoms with van der Waals surface area (Å²) in [6.45, 7) is 2.01. The number of aromatic nitrogens is 2. The maximum atomic E-state index is 12.0. The fourth-order valence-electron chi connectivity index (χ4n) is 2.06. The van der Waals surface area contributed by atoms with E-state index in [1.54, 1.807) is 42.3 Å². The molecular formula is C17H17N3O3. The van der Waals surface area contributed by atoms with Gasteiger partial charge < -0.3 is 14.5 Å². The van der Waals surface area contributed by atoms with Gasteiger partial charge in [0.05, 0.1) is 18.5 Å². The lowest BCUT2D eigenvalue weighted by Crippen LogP contribution is -2.35. The number of ether oxygens (including phenoxy) is 1. The van der Waals surface area contributed by atoms with E-state index in [4.69, 9.17) is 9.15 Å². The Morgan fingerprint density at radius 3 is 2.83 bits per heavy atom. The first-order chi connectivity index (χ1) is 11.2. The molecule has 0 aliphatic heterocycles. The first-order valence-corrected chi connectivity index (χ1v) is 7.30. The van der Waals surface area contributed by atoms with E-state index >= 15 is 0 Å². The van der Waals surface area contributed by atoms with E-state index in [2.05, 4.69) is 10.4 Å². The number of furan rings is 1. The molecule has 0 unspecified atom stereocenters. The van der Waals surface area contributed by atoms with Crippen LogP contribution in [0.2, 0.25) is 0 Å². The van der Waals surface area contributed by atoms with Crippen molar-refractivity contribution < 1.29 is 13.9 Å². The maximum Gasteiger partial charge on any atom is 0.261 e. The molecule has 0 spiro atoms. The van der Waals surface area contributed by atoms with Gasteiger partial charge in [0.1, 0.15) is 5.76 Å². The summed E-state index contributed by atoms with van der Waals surface area (Å²) in [6.07, 6.45) is 2.71. The zero-order valence-electron chi connectivity index (χ0n) is 12.7. The molecule has 0 fully saturated rings. The molecule has 6 nitrogen and oxygen atoms in total. The minimum absolute atomic E-state index is 0.226. The van der Waals surface area contributed by atoms with E-state index in [0.717, 1.165) is 5.69 Å². The molecule has 0 saturated heterocycles. The number of nitrogens with one attached hydrogen (secondary N) is 1. The monoisotopic (exact) mass is 311 g/mol. The fourth-order valence-corrected chi connectivity index (χ4v) is 2.06. The summed E-state index contributed by atoms with van der Waals surface area (Å²) in [7, 11) is 0. The normalized spacial score (nSPS) is 11.9. The van der Waals surface area contributed by atoms with Crippen LogP contribution in [0.5, 0.6) is 5.88 Å². The van der Waals surface area contributed by atoms with Gasteiger partial charge in [-0.15, -0.1) is 5.10 Å². The summed E-state index contributed by atoms with van der Waals surface area (Å²) in [6, 6.07) is 15.0. The van der Waals surface area contributed by atoms with Gasteiger partial charge in [-0.25, -0.2) is 4.68 Å². The third-order valence-electron chi connectivity index (χ3n) is 3.27. The summed E-state index contributed by atoms with van der Waals surface area (Å²) in [5, 5.41) is 7.06. The number of hydrogen-bond acceptors (Lipinski definition) is 4. The van der Waals surface area contributed by atoms with Crippen molar-refractivity contribution in [3.63, 3.8) is 0 Å². The predicted molar refractivity (Wildman–Crippen MR) is 84.2 cm³/mol. The van der Waals surface area contributed by atoms with Crippen LogP contribution in [0, 0.1) is 0 Å². The Bertz CT molecular complexity index is 751. The van der Waals surface area contributed by atoms with E-state index in [9.17, 15) is 4.79 Å². The molecular weight excluding hydrogens is 294 g/mol. The molecule has 6 heteroatoms. The molecule has 1 N–H and O–H groups in total. The first kappa shape index (κ1) is 14.9. The molecule has 3 rings (SSSR count). The summed E-state index contributed by atoms with van der Waals surface area (Å²) in [5.41, 5.74) is 0.928. The molecule has 0 radical (unpaired) electrons. The Kier molecular flexibility index (Phi) is 4.42. The van der Waals surface area contributed by atoms with E-state index < -0.39 is 6.10 Å². The Morgan fingerprint density at radius 1 is 1.26 bits per heavy atom. The summed E-state index contributed by atoms with van der Waals surface area (Å²) < 4.78 is 12.4. The van der Waals surface area contributed by atoms with Crippen molar-refractivity contribution in [1.82, 2.24) is 15.1 Å². The molecule has 0 bridgehead atoms. The van der Waals surface area contributed by atoms with Crippen molar-refractivity contribution in [3.8, 4) is 11.6 Å². The van der Waals surface area contributed by atoms with Gasteiger partial charge in [0.15, 0.2) is 6.10 Å². The van der Waals surface area contributed by atoms with Crippen LogP contribution in [0.1, 0.15) is 12.7 Å². The highest BCUT2D eigenvalue weighted by atomic mass is 16.5. The minimum Gasteiger partial charge on any atom is -0.467 e. The Balaban J connectivity index is 1.56. The Hall–Kier alpha value is -3.02. The number of para-hydroxylation sites is 1. The molecule has 1 aromatic carbocycles. The number of carbonyl (C=O) groups excluding carboxylic acids is 1. The molecule has 1 amide bonds. The third kappa shape index (κ3) is 3.79. The molecule has 3 aromatic rings. The van der Waals surface area contributed by atoms with Crippen molar-refractivity contribution in [1.29, 1.82) is 0 Å². The number of hydrogen-bond donors (Lipinski definition) is 1. The van der Waals surface area contributed by atoms with Crippen LogP contribution in [0.15, 0.2) is 65.4 Å². The van der Waals surface area contributed by atoms with Gasteiger partial charge in [-0.3, -0.25) is 4.79 Å². The molecule has 23 heavy (non-hydrogen) atoms. The summed E-state index contributed by atoms with van der Waals surface area (Å²) in [4.78, 5) is 12.0. The van der Waals surface area contributed by atoms with E-state index in [0.29, 0.717) is 18.2 Å². The van der Waals surface area contributed by atoms with Crippen molar-refractivity contribution >= 4 is 5.91 Å². The largest absolute Gasteiger partial charge is 0.467 e. The second-order valence-corrected chi connectivity index (χ2v) is 4.99. The van der Waals surface area contributed by atoms with Crippen molar-refractivity contribution in [2.24, 2.45) is 0 Å². The van der Waals surface area contributed by atoms with Crippen molar-refractivity contribution in [2.75, 3.05) is 0 Å². The van der Waals surface area contributed by atoms with Gasteiger partial charge in [-0.05, 0) is 31.2 Å². The SMILES string of the molecule is C[C@H](Oc1ccn(-c2ccccc2)n1)C(=O)NCc1ccco1. The van der Waals surface area contributed by atoms with Gasteiger partial charge in [0, 0.05) is 12.3 Å². The maximum absolute atomic E-state index is 12.0. The van der Waals surface area contributed by atoms with Crippen LogP contribution in [-0.4, -0.2) is 21.8 Å². The van der Waals surface area contributed by atoms with Gasteiger partial charge in [-0.1, -0.05) is 18.2 Å². The molecule has 2 aromatic heterocycles. The van der Waals surface area contributed by atoms with Crippen LogP contribution in [0.4, 0.5) is 0 Å². The third-order valence-corrected chi connectivity index (χ3v) is 3.27. The quantitative estimate of drug-likeness (QED) is 0.759. The number of benzene rings is 1. The van der Waals surface area contributed by atoms with Gasteiger partial charge in [0.25, 0.3) is 5.91 Å². The molecule has 0 aliphatic carbocycles. The highest BCUT2D eigenvalue weighted by molar-refractivity contribution is 5.80. The minimum atomic E-state index is -0.649. The van der Waals surface area contributed by atoms with E-state index in [1.165, 1.54) is 0 Å². The van der Waals surface area contributed by atoms with Crippen LogP contribution >= 0.6 is 0 Å². The highest BCUT2D eigenvalue weighted by Crippen LogP contribution is 2.13. The molecule has 1 atom stereocenters. The number of rotatable bonds is 6. The van der Waals surface area contributed by atoms with Crippen LogP contribution < -0.4 is 10.1 Å². The first-order valence-electron chi connectivity index (χ1n) is 7.30. The average molecular weight is 311 g/mol. The molecule has 2 heterocycles. The van der Waals surface area contributed by atoms with E-state index in [1.807, 2.05) is 30.3 Å².